The maximum atomic E-state index is 13.3. The quantitative estimate of drug-likeness (QED) is 0.268. The van der Waals surface area contributed by atoms with E-state index >= 15 is 0 Å². The maximum Gasteiger partial charge on any atom is 0.265 e. The van der Waals surface area contributed by atoms with Crippen LogP contribution in [-0.2, 0) is 0 Å². The predicted molar refractivity (Wildman–Crippen MR) is 130 cm³/mol. The number of carbonyl (C=O) groups excluding carboxylic acids is 1. The lowest BCUT2D eigenvalue weighted by molar-refractivity contribution is 0.0950. The van der Waals surface area contributed by atoms with Gasteiger partial charge in [0.1, 0.15) is 5.75 Å². The third-order valence-corrected chi connectivity index (χ3v) is 5.35. The van der Waals surface area contributed by atoms with Gasteiger partial charge in [-0.25, -0.2) is 8.78 Å². The predicted octanol–water partition coefficient (Wildman–Crippen LogP) is 4.96. The number of rotatable bonds is 8. The van der Waals surface area contributed by atoms with Crippen LogP contribution in [0.2, 0.25) is 0 Å². The first-order valence-corrected chi connectivity index (χ1v) is 10.8. The van der Waals surface area contributed by atoms with Crippen molar-refractivity contribution in [2.45, 2.75) is 12.5 Å². The standard InChI is InChI=1S/C26H23F2N5O2/c27-25(28)19-5-1-2-6-22(19)33-18-7-8-24(34)20(13-18)16-9-11-31-23(12-16)21(29)15-32-26(35)17-4-3-10-30-14-17/h1-14,21,25,33-34H,15,29H2,(H,32,35). The molecule has 1 unspecified atom stereocenters. The SMILES string of the molecule is NC(CNC(=O)c1cccnc1)c1cc(-c2cc(Nc3ccccc3C(F)F)ccc2O)ccn1. The van der Waals surface area contributed by atoms with E-state index in [0.717, 1.165) is 0 Å². The fourth-order valence-electron chi connectivity index (χ4n) is 3.53. The number of para-hydroxylation sites is 1. The summed E-state index contributed by atoms with van der Waals surface area (Å²) in [5, 5.41) is 16.2. The Morgan fingerprint density at radius 2 is 1.86 bits per heavy atom. The monoisotopic (exact) mass is 475 g/mol. The second-order valence-corrected chi connectivity index (χ2v) is 7.77. The van der Waals surface area contributed by atoms with Crippen LogP contribution in [-0.4, -0.2) is 27.5 Å². The number of nitrogens with two attached hydrogens (primary N) is 1. The smallest absolute Gasteiger partial charge is 0.265 e. The Kier molecular flexibility index (Phi) is 7.27. The molecule has 0 aliphatic heterocycles. The molecule has 1 atom stereocenters. The van der Waals surface area contributed by atoms with Gasteiger partial charge in [-0.05, 0) is 54.1 Å². The first-order valence-electron chi connectivity index (χ1n) is 10.8. The van der Waals surface area contributed by atoms with Crippen LogP contribution < -0.4 is 16.4 Å². The van der Waals surface area contributed by atoms with Gasteiger partial charge in [-0.1, -0.05) is 18.2 Å². The number of alkyl halides is 2. The van der Waals surface area contributed by atoms with Crippen molar-refractivity contribution in [2.75, 3.05) is 11.9 Å². The molecule has 35 heavy (non-hydrogen) atoms. The summed E-state index contributed by atoms with van der Waals surface area (Å²) in [6.07, 6.45) is 1.97. The van der Waals surface area contributed by atoms with Crippen molar-refractivity contribution in [3.05, 3.63) is 102 Å². The van der Waals surface area contributed by atoms with E-state index in [4.69, 9.17) is 5.73 Å². The summed E-state index contributed by atoms with van der Waals surface area (Å²) in [6.45, 7) is 0.141. The summed E-state index contributed by atoms with van der Waals surface area (Å²) in [5.41, 5.74) is 8.96. The number of pyridine rings is 2. The highest BCUT2D eigenvalue weighted by Gasteiger charge is 2.15. The molecule has 9 heteroatoms. The average Bonchev–Trinajstić information content (AvgIpc) is 2.89. The van der Waals surface area contributed by atoms with Gasteiger partial charge in [-0.3, -0.25) is 14.8 Å². The molecule has 7 nitrogen and oxygen atoms in total. The topological polar surface area (TPSA) is 113 Å². The first kappa shape index (κ1) is 23.8. The highest BCUT2D eigenvalue weighted by molar-refractivity contribution is 5.93. The molecule has 0 fully saturated rings. The number of aromatic hydroxyl groups is 1. The van der Waals surface area contributed by atoms with Gasteiger partial charge in [0.15, 0.2) is 0 Å². The molecular formula is C26H23F2N5O2. The van der Waals surface area contributed by atoms with Gasteiger partial charge in [0.25, 0.3) is 12.3 Å². The highest BCUT2D eigenvalue weighted by atomic mass is 19.3. The van der Waals surface area contributed by atoms with Gasteiger partial charge in [0, 0.05) is 47.6 Å². The number of anilines is 2. The zero-order valence-electron chi connectivity index (χ0n) is 18.5. The zero-order chi connectivity index (χ0) is 24.8. The third-order valence-electron chi connectivity index (χ3n) is 5.35. The molecule has 0 aliphatic rings. The van der Waals surface area contributed by atoms with Crippen LogP contribution in [0, 0.1) is 0 Å². The van der Waals surface area contributed by atoms with Gasteiger partial charge in [0.05, 0.1) is 17.3 Å². The van der Waals surface area contributed by atoms with Crippen molar-refractivity contribution >= 4 is 17.3 Å². The van der Waals surface area contributed by atoms with Crippen LogP contribution in [0.25, 0.3) is 11.1 Å². The number of nitrogens with one attached hydrogen (secondary N) is 2. The van der Waals surface area contributed by atoms with Crippen molar-refractivity contribution in [3.8, 4) is 16.9 Å². The average molecular weight is 475 g/mol. The van der Waals surface area contributed by atoms with Gasteiger partial charge in [0.2, 0.25) is 0 Å². The highest BCUT2D eigenvalue weighted by Crippen LogP contribution is 2.35. The van der Waals surface area contributed by atoms with Crippen LogP contribution in [0.15, 0.2) is 85.3 Å². The van der Waals surface area contributed by atoms with E-state index in [0.29, 0.717) is 28.1 Å². The van der Waals surface area contributed by atoms with Crippen LogP contribution in [0.3, 0.4) is 0 Å². The van der Waals surface area contributed by atoms with Crippen molar-refractivity contribution < 1.29 is 18.7 Å². The molecule has 178 valence electrons. The number of phenolic OH excluding ortho intramolecular Hbond substituents is 1. The first-order chi connectivity index (χ1) is 16.9. The molecule has 4 aromatic rings. The van der Waals surface area contributed by atoms with Crippen LogP contribution in [0.1, 0.15) is 34.1 Å². The molecule has 0 bridgehead atoms. The van der Waals surface area contributed by atoms with Gasteiger partial charge >= 0.3 is 0 Å². The van der Waals surface area contributed by atoms with Crippen molar-refractivity contribution in [1.29, 1.82) is 0 Å². The van der Waals surface area contributed by atoms with Crippen LogP contribution in [0.4, 0.5) is 20.2 Å². The second-order valence-electron chi connectivity index (χ2n) is 7.77. The number of benzene rings is 2. The Morgan fingerprint density at radius 1 is 1.03 bits per heavy atom. The van der Waals surface area contributed by atoms with Crippen LogP contribution in [0.5, 0.6) is 5.75 Å². The molecular weight excluding hydrogens is 452 g/mol. The Balaban J connectivity index is 1.52. The summed E-state index contributed by atoms with van der Waals surface area (Å²) in [4.78, 5) is 20.5. The summed E-state index contributed by atoms with van der Waals surface area (Å²) in [7, 11) is 0. The fourth-order valence-corrected chi connectivity index (χ4v) is 3.53. The Bertz CT molecular complexity index is 1320. The molecule has 2 aromatic carbocycles. The fraction of sp³-hybridized carbons (Fsp3) is 0.115. The number of nitrogens with zero attached hydrogens (tertiary/aromatic N) is 2. The Labute approximate surface area is 200 Å². The van der Waals surface area contributed by atoms with Gasteiger partial charge in [-0.2, -0.15) is 0 Å². The van der Waals surface area contributed by atoms with E-state index in [1.54, 1.807) is 67.0 Å². The molecule has 0 spiro atoms. The number of phenols is 1. The van der Waals surface area contributed by atoms with Gasteiger partial charge < -0.3 is 21.5 Å². The lowest BCUT2D eigenvalue weighted by Crippen LogP contribution is -2.32. The minimum atomic E-state index is -2.63. The summed E-state index contributed by atoms with van der Waals surface area (Å²) in [5.74, 6) is -0.293. The Hall–Kier alpha value is -4.37. The third kappa shape index (κ3) is 5.77. The number of carbonyl (C=O) groups is 1. The molecule has 1 amide bonds. The van der Waals surface area contributed by atoms with Gasteiger partial charge in [-0.15, -0.1) is 0 Å². The summed E-state index contributed by atoms with van der Waals surface area (Å²) in [6, 6.07) is 17.0. The van der Waals surface area contributed by atoms with E-state index in [9.17, 15) is 18.7 Å². The lowest BCUT2D eigenvalue weighted by atomic mass is 10.0. The number of halogens is 2. The maximum absolute atomic E-state index is 13.3. The van der Waals surface area contributed by atoms with Crippen LogP contribution >= 0.6 is 0 Å². The zero-order valence-corrected chi connectivity index (χ0v) is 18.5. The molecule has 4 rings (SSSR count). The molecule has 2 aromatic heterocycles. The summed E-state index contributed by atoms with van der Waals surface area (Å²) >= 11 is 0. The van der Waals surface area contributed by atoms with Crippen molar-refractivity contribution in [1.82, 2.24) is 15.3 Å². The Morgan fingerprint density at radius 3 is 2.63 bits per heavy atom. The normalized spacial score (nSPS) is 11.8. The van der Waals surface area contributed by atoms with E-state index in [1.165, 1.54) is 18.3 Å². The molecule has 0 saturated carbocycles. The van der Waals surface area contributed by atoms with E-state index < -0.39 is 12.5 Å². The minimum Gasteiger partial charge on any atom is -0.507 e. The lowest BCUT2D eigenvalue weighted by Gasteiger charge is -2.15. The molecule has 2 heterocycles. The molecule has 5 N–H and O–H groups in total. The number of aromatic nitrogens is 2. The molecule has 0 aliphatic carbocycles. The van der Waals surface area contributed by atoms with Crippen molar-refractivity contribution in [2.24, 2.45) is 5.73 Å². The van der Waals surface area contributed by atoms with Crippen molar-refractivity contribution in [3.63, 3.8) is 0 Å². The largest absolute Gasteiger partial charge is 0.507 e. The van der Waals surface area contributed by atoms with E-state index in [-0.39, 0.29) is 29.5 Å². The molecule has 0 saturated heterocycles. The summed E-state index contributed by atoms with van der Waals surface area (Å²) < 4.78 is 26.7. The minimum absolute atomic E-state index is 0.00768. The number of hydrogen-bond donors (Lipinski definition) is 4. The second kappa shape index (κ2) is 10.7. The van der Waals surface area contributed by atoms with E-state index in [2.05, 4.69) is 20.6 Å². The number of amides is 1. The molecule has 0 radical (unpaired) electrons. The van der Waals surface area contributed by atoms with E-state index in [1.807, 2.05) is 0 Å². The number of hydrogen-bond acceptors (Lipinski definition) is 6.